The number of carbonyl (C=O) groups is 1. The van der Waals surface area contributed by atoms with Crippen LogP contribution in [0.15, 0.2) is 0 Å². The van der Waals surface area contributed by atoms with Gasteiger partial charge in [-0.25, -0.2) is 0 Å². The lowest BCUT2D eigenvalue weighted by molar-refractivity contribution is -0.122. The average Bonchev–Trinajstić information content (AvgIpc) is 2.05. The highest BCUT2D eigenvalue weighted by Crippen LogP contribution is 1.97. The van der Waals surface area contributed by atoms with E-state index in [9.17, 15) is 4.79 Å². The molecule has 1 amide bonds. The molecule has 4 heteroatoms. The van der Waals surface area contributed by atoms with Crippen LogP contribution in [0.5, 0.6) is 0 Å². The Bertz CT molecular complexity index is 127. The summed E-state index contributed by atoms with van der Waals surface area (Å²) >= 11 is 0. The van der Waals surface area contributed by atoms with Crippen molar-refractivity contribution in [2.75, 3.05) is 13.1 Å². The Balaban J connectivity index is 3.42. The third-order valence-corrected chi connectivity index (χ3v) is 1.66. The Morgan fingerprint density at radius 3 is 2.67 bits per heavy atom. The first-order chi connectivity index (χ1) is 5.72. The van der Waals surface area contributed by atoms with Gasteiger partial charge < -0.3 is 16.8 Å². The van der Waals surface area contributed by atoms with Gasteiger partial charge in [0.2, 0.25) is 5.91 Å². The molecule has 0 aliphatic carbocycles. The maximum absolute atomic E-state index is 11.1. The monoisotopic (exact) mass is 173 g/mol. The van der Waals surface area contributed by atoms with Crippen LogP contribution in [0.3, 0.4) is 0 Å². The van der Waals surface area contributed by atoms with Crippen LogP contribution < -0.4 is 16.8 Å². The highest BCUT2D eigenvalue weighted by Gasteiger charge is 2.10. The van der Waals surface area contributed by atoms with Gasteiger partial charge in [-0.05, 0) is 26.3 Å². The Labute approximate surface area is 73.7 Å². The molecule has 0 aliphatic rings. The minimum atomic E-state index is -0.364. The molecule has 0 aliphatic heterocycles. The average molecular weight is 173 g/mol. The molecular formula is C8H19N3O. The van der Waals surface area contributed by atoms with E-state index in [0.717, 1.165) is 19.3 Å². The number of hydrogen-bond donors (Lipinski definition) is 3. The Hall–Kier alpha value is -0.610. The van der Waals surface area contributed by atoms with Gasteiger partial charge in [-0.15, -0.1) is 0 Å². The van der Waals surface area contributed by atoms with Gasteiger partial charge >= 0.3 is 0 Å². The molecule has 0 bridgehead atoms. The van der Waals surface area contributed by atoms with E-state index in [1.165, 1.54) is 0 Å². The van der Waals surface area contributed by atoms with Crippen LogP contribution in [0.1, 0.15) is 26.2 Å². The van der Waals surface area contributed by atoms with E-state index in [2.05, 4.69) is 5.32 Å². The van der Waals surface area contributed by atoms with Crippen molar-refractivity contribution >= 4 is 5.91 Å². The third kappa shape index (κ3) is 5.09. The summed E-state index contributed by atoms with van der Waals surface area (Å²) in [6.45, 7) is 3.19. The molecule has 5 N–H and O–H groups in total. The van der Waals surface area contributed by atoms with Crippen LogP contribution in [0.2, 0.25) is 0 Å². The zero-order valence-electron chi connectivity index (χ0n) is 7.68. The van der Waals surface area contributed by atoms with Crippen LogP contribution in [0, 0.1) is 0 Å². The molecule has 0 aromatic heterocycles. The number of amides is 1. The number of hydrogen-bond acceptors (Lipinski definition) is 3. The van der Waals surface area contributed by atoms with E-state index < -0.39 is 0 Å². The summed E-state index contributed by atoms with van der Waals surface area (Å²) in [5, 5.41) is 2.68. The first kappa shape index (κ1) is 11.4. The summed E-state index contributed by atoms with van der Waals surface area (Å²) in [6, 6.07) is -0.364. The maximum atomic E-state index is 11.1. The molecule has 0 spiro atoms. The summed E-state index contributed by atoms with van der Waals surface area (Å²) in [4.78, 5) is 11.1. The zero-order valence-corrected chi connectivity index (χ0v) is 7.68. The summed E-state index contributed by atoms with van der Waals surface area (Å²) < 4.78 is 0. The second kappa shape index (κ2) is 7.06. The molecule has 0 rings (SSSR count). The fourth-order valence-electron chi connectivity index (χ4n) is 0.945. The standard InChI is InChI=1S/C8H19N3O/c1-2-11-8(12)7(10)5-3-4-6-9/h7H,2-6,9-10H2,1H3,(H,11,12)/t7-/m0/s1. The Morgan fingerprint density at radius 1 is 1.50 bits per heavy atom. The third-order valence-electron chi connectivity index (χ3n) is 1.66. The van der Waals surface area contributed by atoms with Gasteiger partial charge in [0.15, 0.2) is 0 Å². The molecule has 0 radical (unpaired) electrons. The minimum Gasteiger partial charge on any atom is -0.355 e. The van der Waals surface area contributed by atoms with Crippen molar-refractivity contribution in [3.8, 4) is 0 Å². The van der Waals surface area contributed by atoms with Gasteiger partial charge in [0.25, 0.3) is 0 Å². The highest BCUT2D eigenvalue weighted by atomic mass is 16.2. The number of likely N-dealkylation sites (N-methyl/N-ethyl adjacent to an activating group) is 1. The van der Waals surface area contributed by atoms with Crippen molar-refractivity contribution in [3.63, 3.8) is 0 Å². The van der Waals surface area contributed by atoms with E-state index >= 15 is 0 Å². The number of unbranched alkanes of at least 4 members (excludes halogenated alkanes) is 1. The van der Waals surface area contributed by atoms with Crippen molar-refractivity contribution in [1.29, 1.82) is 0 Å². The normalized spacial score (nSPS) is 12.6. The lowest BCUT2D eigenvalue weighted by Gasteiger charge is -2.09. The van der Waals surface area contributed by atoms with Gasteiger partial charge in [0.1, 0.15) is 0 Å². The number of nitrogens with one attached hydrogen (secondary N) is 1. The lowest BCUT2D eigenvalue weighted by Crippen LogP contribution is -2.40. The minimum absolute atomic E-state index is 0.0606. The van der Waals surface area contributed by atoms with Crippen molar-refractivity contribution in [2.45, 2.75) is 32.2 Å². The van der Waals surface area contributed by atoms with Crippen molar-refractivity contribution in [1.82, 2.24) is 5.32 Å². The molecule has 1 atom stereocenters. The SMILES string of the molecule is CCNC(=O)[C@@H](N)CCCCN. The summed E-state index contributed by atoms with van der Waals surface area (Å²) in [6.07, 6.45) is 2.59. The molecule has 0 aromatic rings. The molecule has 4 nitrogen and oxygen atoms in total. The maximum Gasteiger partial charge on any atom is 0.236 e. The molecule has 0 aromatic carbocycles. The number of nitrogens with two attached hydrogens (primary N) is 2. The van der Waals surface area contributed by atoms with Crippen molar-refractivity contribution in [2.24, 2.45) is 11.5 Å². The van der Waals surface area contributed by atoms with Crippen molar-refractivity contribution < 1.29 is 4.79 Å². The highest BCUT2D eigenvalue weighted by molar-refractivity contribution is 5.81. The summed E-state index contributed by atoms with van der Waals surface area (Å²) in [5.74, 6) is -0.0606. The summed E-state index contributed by atoms with van der Waals surface area (Å²) in [5.41, 5.74) is 10.9. The van der Waals surface area contributed by atoms with Crippen LogP contribution in [0.25, 0.3) is 0 Å². The number of carbonyl (C=O) groups excluding carboxylic acids is 1. The smallest absolute Gasteiger partial charge is 0.236 e. The molecule has 72 valence electrons. The Kier molecular flexibility index (Phi) is 6.70. The second-order valence-electron chi connectivity index (χ2n) is 2.79. The van der Waals surface area contributed by atoms with Crippen LogP contribution >= 0.6 is 0 Å². The van der Waals surface area contributed by atoms with E-state index in [4.69, 9.17) is 11.5 Å². The molecule has 0 fully saturated rings. The quantitative estimate of drug-likeness (QED) is 0.477. The molecule has 0 heterocycles. The van der Waals surface area contributed by atoms with E-state index in [-0.39, 0.29) is 11.9 Å². The van der Waals surface area contributed by atoms with Gasteiger partial charge in [0.05, 0.1) is 6.04 Å². The second-order valence-corrected chi connectivity index (χ2v) is 2.79. The first-order valence-corrected chi connectivity index (χ1v) is 4.45. The van der Waals surface area contributed by atoms with Crippen LogP contribution in [0.4, 0.5) is 0 Å². The van der Waals surface area contributed by atoms with Crippen LogP contribution in [-0.2, 0) is 4.79 Å². The topological polar surface area (TPSA) is 81.1 Å². The predicted molar refractivity (Wildman–Crippen MR) is 49.6 cm³/mol. The largest absolute Gasteiger partial charge is 0.355 e. The Morgan fingerprint density at radius 2 is 2.17 bits per heavy atom. The fourth-order valence-corrected chi connectivity index (χ4v) is 0.945. The fraction of sp³-hybridized carbons (Fsp3) is 0.875. The molecular weight excluding hydrogens is 154 g/mol. The van der Waals surface area contributed by atoms with E-state index in [1.807, 2.05) is 6.92 Å². The molecule has 12 heavy (non-hydrogen) atoms. The zero-order chi connectivity index (χ0) is 9.40. The van der Waals surface area contributed by atoms with Gasteiger partial charge in [0, 0.05) is 6.54 Å². The van der Waals surface area contributed by atoms with Gasteiger partial charge in [-0.3, -0.25) is 4.79 Å². The lowest BCUT2D eigenvalue weighted by atomic mass is 10.1. The first-order valence-electron chi connectivity index (χ1n) is 4.45. The summed E-state index contributed by atoms with van der Waals surface area (Å²) in [7, 11) is 0. The molecule has 0 saturated heterocycles. The van der Waals surface area contributed by atoms with Crippen LogP contribution in [-0.4, -0.2) is 25.0 Å². The van der Waals surface area contributed by atoms with E-state index in [1.54, 1.807) is 0 Å². The molecule has 0 saturated carbocycles. The van der Waals surface area contributed by atoms with Gasteiger partial charge in [-0.1, -0.05) is 6.42 Å². The molecule has 0 unspecified atom stereocenters. The predicted octanol–water partition coefficient (Wildman–Crippen LogP) is -0.421. The number of rotatable bonds is 6. The van der Waals surface area contributed by atoms with Crippen molar-refractivity contribution in [3.05, 3.63) is 0 Å². The van der Waals surface area contributed by atoms with E-state index in [0.29, 0.717) is 13.1 Å². The van der Waals surface area contributed by atoms with Gasteiger partial charge in [-0.2, -0.15) is 0 Å².